The third-order valence-corrected chi connectivity index (χ3v) is 3.46. The van der Waals surface area contributed by atoms with Crippen LogP contribution >= 0.6 is 0 Å². The number of nitrogens with one attached hydrogen (secondary N) is 1. The fraction of sp³-hybridized carbons (Fsp3) is 0.643. The molecule has 1 aromatic rings. The van der Waals surface area contributed by atoms with Gasteiger partial charge in [0.25, 0.3) is 0 Å². The molecule has 0 aliphatic heterocycles. The van der Waals surface area contributed by atoms with E-state index in [1.54, 1.807) is 6.07 Å². The van der Waals surface area contributed by atoms with E-state index < -0.39 is 0 Å². The van der Waals surface area contributed by atoms with Crippen LogP contribution in [0.25, 0.3) is 0 Å². The van der Waals surface area contributed by atoms with Gasteiger partial charge >= 0.3 is 0 Å². The fourth-order valence-corrected chi connectivity index (χ4v) is 2.25. The highest BCUT2D eigenvalue weighted by Crippen LogP contribution is 2.17. The summed E-state index contributed by atoms with van der Waals surface area (Å²) in [6.45, 7) is 8.71. The second-order valence-corrected chi connectivity index (χ2v) is 4.65. The maximum atomic E-state index is 12.8. The van der Waals surface area contributed by atoms with Crippen LogP contribution in [0, 0.1) is 11.7 Å². The summed E-state index contributed by atoms with van der Waals surface area (Å²) in [7, 11) is 0. The first-order valence-corrected chi connectivity index (χ1v) is 6.45. The van der Waals surface area contributed by atoms with E-state index in [1.807, 2.05) is 0 Å². The molecule has 0 aliphatic rings. The van der Waals surface area contributed by atoms with Crippen molar-refractivity contribution in [1.82, 2.24) is 10.3 Å². The van der Waals surface area contributed by atoms with Crippen molar-refractivity contribution in [2.75, 3.05) is 0 Å². The summed E-state index contributed by atoms with van der Waals surface area (Å²) in [4.78, 5) is 4.10. The first-order chi connectivity index (χ1) is 8.08. The lowest BCUT2D eigenvalue weighted by Gasteiger charge is -2.26. The summed E-state index contributed by atoms with van der Waals surface area (Å²) in [5.74, 6) is 0.395. The zero-order valence-electron chi connectivity index (χ0n) is 11.2. The maximum absolute atomic E-state index is 12.8. The summed E-state index contributed by atoms with van der Waals surface area (Å²) < 4.78 is 12.8. The molecule has 0 fully saturated rings. The van der Waals surface area contributed by atoms with E-state index in [1.165, 1.54) is 25.1 Å². The number of nitrogens with zero attached hydrogens (tertiary/aromatic N) is 1. The van der Waals surface area contributed by atoms with Crippen molar-refractivity contribution in [3.05, 3.63) is 29.8 Å². The molecule has 0 aliphatic carbocycles. The number of halogens is 1. The summed E-state index contributed by atoms with van der Waals surface area (Å²) in [5.41, 5.74) is 0.893. The maximum Gasteiger partial charge on any atom is 0.141 e. The lowest BCUT2D eigenvalue weighted by atomic mass is 9.95. The number of pyridine rings is 1. The second kappa shape index (κ2) is 6.70. The third kappa shape index (κ3) is 4.08. The Hall–Kier alpha value is -0.960. The van der Waals surface area contributed by atoms with Crippen molar-refractivity contribution < 1.29 is 4.39 Å². The molecule has 0 saturated carbocycles. The van der Waals surface area contributed by atoms with E-state index >= 15 is 0 Å². The molecule has 0 radical (unpaired) electrons. The second-order valence-electron chi connectivity index (χ2n) is 4.65. The van der Waals surface area contributed by atoms with Crippen LogP contribution in [-0.4, -0.2) is 11.0 Å². The first kappa shape index (κ1) is 14.1. The van der Waals surface area contributed by atoms with Crippen molar-refractivity contribution in [2.24, 2.45) is 5.92 Å². The zero-order valence-corrected chi connectivity index (χ0v) is 11.2. The molecule has 2 atom stereocenters. The molecular formula is C14H23FN2. The highest BCUT2D eigenvalue weighted by atomic mass is 19.1. The Labute approximate surface area is 104 Å². The highest BCUT2D eigenvalue weighted by Gasteiger charge is 2.16. The topological polar surface area (TPSA) is 24.9 Å². The molecule has 0 bridgehead atoms. The van der Waals surface area contributed by atoms with Gasteiger partial charge in [-0.2, -0.15) is 0 Å². The Morgan fingerprint density at radius 3 is 2.35 bits per heavy atom. The van der Waals surface area contributed by atoms with Crippen LogP contribution in [0.15, 0.2) is 18.3 Å². The molecule has 1 rings (SSSR count). The summed E-state index contributed by atoms with van der Waals surface area (Å²) in [6.07, 6.45) is 3.62. The molecule has 0 spiro atoms. The molecule has 17 heavy (non-hydrogen) atoms. The molecule has 96 valence electrons. The molecule has 1 heterocycles. The van der Waals surface area contributed by atoms with Crippen LogP contribution in [0.5, 0.6) is 0 Å². The molecule has 2 nitrogen and oxygen atoms in total. The van der Waals surface area contributed by atoms with Crippen molar-refractivity contribution in [1.29, 1.82) is 0 Å². The van der Waals surface area contributed by atoms with Gasteiger partial charge in [0, 0.05) is 12.1 Å². The van der Waals surface area contributed by atoms with Crippen LogP contribution in [0.4, 0.5) is 4.39 Å². The molecular weight excluding hydrogens is 215 g/mol. The van der Waals surface area contributed by atoms with E-state index in [-0.39, 0.29) is 11.9 Å². The Morgan fingerprint density at radius 2 is 1.88 bits per heavy atom. The van der Waals surface area contributed by atoms with Crippen molar-refractivity contribution >= 4 is 0 Å². The molecule has 1 aromatic heterocycles. The predicted octanol–water partition coefficient (Wildman–Crippen LogP) is 3.70. The van der Waals surface area contributed by atoms with Gasteiger partial charge in [-0.3, -0.25) is 4.98 Å². The van der Waals surface area contributed by atoms with E-state index in [0.29, 0.717) is 12.0 Å². The van der Waals surface area contributed by atoms with Crippen LogP contribution in [0.1, 0.15) is 52.3 Å². The third-order valence-electron chi connectivity index (χ3n) is 3.46. The summed E-state index contributed by atoms with van der Waals surface area (Å²) in [6, 6.07) is 3.81. The Morgan fingerprint density at radius 1 is 1.24 bits per heavy atom. The quantitative estimate of drug-likeness (QED) is 0.817. The number of hydrogen-bond acceptors (Lipinski definition) is 2. The number of aromatic nitrogens is 1. The Kier molecular flexibility index (Phi) is 5.56. The monoisotopic (exact) mass is 238 g/mol. The summed E-state index contributed by atoms with van der Waals surface area (Å²) >= 11 is 0. The number of rotatable bonds is 6. The minimum Gasteiger partial charge on any atom is -0.306 e. The van der Waals surface area contributed by atoms with Gasteiger partial charge in [-0.1, -0.05) is 26.7 Å². The molecule has 0 amide bonds. The van der Waals surface area contributed by atoms with Gasteiger partial charge in [0.1, 0.15) is 5.82 Å². The Bertz CT molecular complexity index is 319. The van der Waals surface area contributed by atoms with Crippen LogP contribution in [0.2, 0.25) is 0 Å². The van der Waals surface area contributed by atoms with Gasteiger partial charge in [-0.25, -0.2) is 4.39 Å². The van der Waals surface area contributed by atoms with E-state index in [2.05, 4.69) is 38.0 Å². The molecule has 3 heteroatoms. The molecule has 0 aromatic carbocycles. The zero-order chi connectivity index (χ0) is 12.8. The van der Waals surface area contributed by atoms with Gasteiger partial charge in [0.2, 0.25) is 0 Å². The molecule has 1 N–H and O–H groups in total. The predicted molar refractivity (Wildman–Crippen MR) is 69.3 cm³/mol. The van der Waals surface area contributed by atoms with Crippen molar-refractivity contribution in [3.63, 3.8) is 0 Å². The van der Waals surface area contributed by atoms with Gasteiger partial charge < -0.3 is 5.32 Å². The van der Waals surface area contributed by atoms with E-state index in [4.69, 9.17) is 0 Å². The van der Waals surface area contributed by atoms with Crippen LogP contribution in [0.3, 0.4) is 0 Å². The lowest BCUT2D eigenvalue weighted by Crippen LogP contribution is -2.35. The van der Waals surface area contributed by atoms with E-state index in [9.17, 15) is 4.39 Å². The van der Waals surface area contributed by atoms with Gasteiger partial charge in [0.15, 0.2) is 0 Å². The SMILES string of the molecule is CCC(CC)C(C)NC(C)c1ccc(F)cn1. The fourth-order valence-electron chi connectivity index (χ4n) is 2.25. The van der Waals surface area contributed by atoms with Crippen LogP contribution < -0.4 is 5.32 Å². The van der Waals surface area contributed by atoms with Gasteiger partial charge in [0.05, 0.1) is 11.9 Å². The smallest absolute Gasteiger partial charge is 0.141 e. The normalized spacial score (nSPS) is 14.9. The van der Waals surface area contributed by atoms with Gasteiger partial charge in [-0.15, -0.1) is 0 Å². The minimum atomic E-state index is -0.283. The van der Waals surface area contributed by atoms with Crippen molar-refractivity contribution in [3.8, 4) is 0 Å². The summed E-state index contributed by atoms with van der Waals surface area (Å²) in [5, 5.41) is 3.53. The molecule has 2 unspecified atom stereocenters. The van der Waals surface area contributed by atoms with Gasteiger partial charge in [-0.05, 0) is 31.9 Å². The lowest BCUT2D eigenvalue weighted by molar-refractivity contribution is 0.328. The average molecular weight is 238 g/mol. The van der Waals surface area contributed by atoms with E-state index in [0.717, 1.165) is 5.69 Å². The van der Waals surface area contributed by atoms with Crippen LogP contribution in [-0.2, 0) is 0 Å². The van der Waals surface area contributed by atoms with Crippen molar-refractivity contribution in [2.45, 2.75) is 52.6 Å². The Balaban J connectivity index is 2.59. The average Bonchev–Trinajstić information content (AvgIpc) is 2.31. The minimum absolute atomic E-state index is 0.159. The largest absolute Gasteiger partial charge is 0.306 e. The molecule has 0 saturated heterocycles. The number of hydrogen-bond donors (Lipinski definition) is 1. The highest BCUT2D eigenvalue weighted by molar-refractivity contribution is 5.09. The standard InChI is InChI=1S/C14H23FN2/c1-5-12(6-2)10(3)17-11(4)14-8-7-13(15)9-16-14/h7-12,17H,5-6H2,1-4H3. The first-order valence-electron chi connectivity index (χ1n) is 6.45.